The second-order valence-corrected chi connectivity index (χ2v) is 5.16. The van der Waals surface area contributed by atoms with Crippen LogP contribution in [0.3, 0.4) is 0 Å². The Kier molecular flexibility index (Phi) is 4.86. The van der Waals surface area contributed by atoms with Crippen LogP contribution in [-0.4, -0.2) is 11.9 Å². The van der Waals surface area contributed by atoms with Gasteiger partial charge in [-0.05, 0) is 24.3 Å². The zero-order valence-electron chi connectivity index (χ0n) is 9.57. The molecule has 0 aliphatic heterocycles. The van der Waals surface area contributed by atoms with E-state index in [1.54, 1.807) is 0 Å². The van der Waals surface area contributed by atoms with Crippen molar-refractivity contribution in [2.24, 2.45) is 5.92 Å². The molecule has 2 rings (SSSR count). The third kappa shape index (κ3) is 3.91. The number of alkyl halides is 1. The van der Waals surface area contributed by atoms with E-state index in [4.69, 9.17) is 4.74 Å². The lowest BCUT2D eigenvalue weighted by Crippen LogP contribution is -2.07. The summed E-state index contributed by atoms with van der Waals surface area (Å²) in [7, 11) is 0. The molecule has 2 heteroatoms. The van der Waals surface area contributed by atoms with Crippen molar-refractivity contribution in [2.75, 3.05) is 11.9 Å². The minimum Gasteiger partial charge on any atom is -0.373 e. The summed E-state index contributed by atoms with van der Waals surface area (Å²) in [5.41, 5.74) is 1.27. The van der Waals surface area contributed by atoms with Crippen molar-refractivity contribution in [1.82, 2.24) is 0 Å². The van der Waals surface area contributed by atoms with Crippen molar-refractivity contribution in [3.05, 3.63) is 35.9 Å². The Hall–Kier alpha value is -0.340. The molecule has 1 aromatic rings. The summed E-state index contributed by atoms with van der Waals surface area (Å²) in [6.07, 6.45) is 5.66. The van der Waals surface area contributed by atoms with E-state index in [1.165, 1.54) is 31.2 Å². The molecule has 0 amide bonds. The summed E-state index contributed by atoms with van der Waals surface area (Å²) < 4.78 is 5.91. The van der Waals surface area contributed by atoms with E-state index in [0.29, 0.717) is 0 Å². The average molecular weight is 283 g/mol. The Morgan fingerprint density at radius 1 is 1.25 bits per heavy atom. The second-order valence-electron chi connectivity index (χ2n) is 4.51. The number of hydrogen-bond acceptors (Lipinski definition) is 1. The summed E-state index contributed by atoms with van der Waals surface area (Å²) in [6, 6.07) is 10.4. The van der Waals surface area contributed by atoms with E-state index >= 15 is 0 Å². The maximum absolute atomic E-state index is 5.91. The molecule has 1 aliphatic carbocycles. The zero-order valence-corrected chi connectivity index (χ0v) is 11.2. The smallest absolute Gasteiger partial charge is 0.0921 e. The van der Waals surface area contributed by atoms with E-state index in [0.717, 1.165) is 17.9 Å². The minimum atomic E-state index is 0.209. The Balaban J connectivity index is 1.72. The van der Waals surface area contributed by atoms with Gasteiger partial charge in [-0.1, -0.05) is 59.1 Å². The number of hydrogen-bond donors (Lipinski definition) is 0. The van der Waals surface area contributed by atoms with Gasteiger partial charge in [0.15, 0.2) is 0 Å². The highest BCUT2D eigenvalue weighted by molar-refractivity contribution is 9.09. The second kappa shape index (κ2) is 6.41. The van der Waals surface area contributed by atoms with Gasteiger partial charge in [0, 0.05) is 11.9 Å². The molecule has 1 fully saturated rings. The topological polar surface area (TPSA) is 9.23 Å². The van der Waals surface area contributed by atoms with Crippen LogP contribution in [-0.2, 0) is 4.74 Å². The normalized spacial score (nSPS) is 17.3. The quantitative estimate of drug-likeness (QED) is 0.534. The van der Waals surface area contributed by atoms with Crippen LogP contribution in [0.15, 0.2) is 30.3 Å². The van der Waals surface area contributed by atoms with Gasteiger partial charge in [0.05, 0.1) is 6.10 Å². The number of rotatable bonds is 7. The maximum atomic E-state index is 5.91. The molecule has 1 unspecified atom stereocenters. The predicted octanol–water partition coefficient (Wildman–Crippen LogP) is 4.33. The van der Waals surface area contributed by atoms with Crippen LogP contribution in [0, 0.1) is 5.92 Å². The fourth-order valence-electron chi connectivity index (χ4n) is 1.90. The lowest BCUT2D eigenvalue weighted by Gasteiger charge is -2.15. The first-order chi connectivity index (χ1) is 7.90. The largest absolute Gasteiger partial charge is 0.373 e. The SMILES string of the molecule is BrCC(OCCCC1CC1)c1ccccc1. The highest BCUT2D eigenvalue weighted by atomic mass is 79.9. The Bertz CT molecular complexity index is 295. The van der Waals surface area contributed by atoms with Crippen molar-refractivity contribution in [3.63, 3.8) is 0 Å². The van der Waals surface area contributed by atoms with Gasteiger partial charge < -0.3 is 4.74 Å². The third-order valence-electron chi connectivity index (χ3n) is 3.08. The van der Waals surface area contributed by atoms with Gasteiger partial charge in [-0.2, -0.15) is 0 Å². The monoisotopic (exact) mass is 282 g/mol. The molecule has 0 saturated heterocycles. The average Bonchev–Trinajstić information content (AvgIpc) is 3.14. The highest BCUT2D eigenvalue weighted by Gasteiger charge is 2.20. The molecule has 1 aromatic carbocycles. The molecule has 0 radical (unpaired) electrons. The summed E-state index contributed by atoms with van der Waals surface area (Å²) in [5.74, 6) is 1.02. The fourth-order valence-corrected chi connectivity index (χ4v) is 2.46. The van der Waals surface area contributed by atoms with Crippen LogP contribution in [0.25, 0.3) is 0 Å². The Morgan fingerprint density at radius 3 is 2.62 bits per heavy atom. The predicted molar refractivity (Wildman–Crippen MR) is 70.9 cm³/mol. The summed E-state index contributed by atoms with van der Waals surface area (Å²) >= 11 is 3.52. The molecule has 0 spiro atoms. The fraction of sp³-hybridized carbons (Fsp3) is 0.571. The number of benzene rings is 1. The zero-order chi connectivity index (χ0) is 11.2. The number of halogens is 1. The van der Waals surface area contributed by atoms with E-state index in [-0.39, 0.29) is 6.10 Å². The summed E-state index contributed by atoms with van der Waals surface area (Å²) in [6.45, 7) is 0.891. The molecule has 1 saturated carbocycles. The number of ether oxygens (including phenoxy) is 1. The van der Waals surface area contributed by atoms with Crippen LogP contribution < -0.4 is 0 Å². The highest BCUT2D eigenvalue weighted by Crippen LogP contribution is 2.33. The first kappa shape index (κ1) is 12.1. The van der Waals surface area contributed by atoms with Crippen LogP contribution >= 0.6 is 15.9 Å². The van der Waals surface area contributed by atoms with Gasteiger partial charge in [0.1, 0.15) is 0 Å². The maximum Gasteiger partial charge on any atom is 0.0921 e. The van der Waals surface area contributed by atoms with Gasteiger partial charge in [-0.15, -0.1) is 0 Å². The van der Waals surface area contributed by atoms with Gasteiger partial charge in [0.2, 0.25) is 0 Å². The molecular formula is C14H19BrO. The third-order valence-corrected chi connectivity index (χ3v) is 3.67. The summed E-state index contributed by atoms with van der Waals surface area (Å²) in [4.78, 5) is 0. The van der Waals surface area contributed by atoms with Crippen LogP contribution in [0.2, 0.25) is 0 Å². The molecule has 0 N–H and O–H groups in total. The van der Waals surface area contributed by atoms with Crippen LogP contribution in [0.1, 0.15) is 37.4 Å². The Morgan fingerprint density at radius 2 is 2.00 bits per heavy atom. The first-order valence-corrected chi connectivity index (χ1v) is 7.25. The lowest BCUT2D eigenvalue weighted by atomic mass is 10.1. The van der Waals surface area contributed by atoms with Crippen molar-refractivity contribution >= 4 is 15.9 Å². The molecule has 1 nitrogen and oxygen atoms in total. The van der Waals surface area contributed by atoms with Crippen molar-refractivity contribution in [3.8, 4) is 0 Å². The molecule has 0 aromatic heterocycles. The molecule has 1 aliphatic rings. The van der Waals surface area contributed by atoms with Gasteiger partial charge >= 0.3 is 0 Å². The minimum absolute atomic E-state index is 0.209. The van der Waals surface area contributed by atoms with E-state index in [1.807, 2.05) is 6.07 Å². The van der Waals surface area contributed by atoms with Crippen LogP contribution in [0.5, 0.6) is 0 Å². The lowest BCUT2D eigenvalue weighted by molar-refractivity contribution is 0.0664. The van der Waals surface area contributed by atoms with Gasteiger partial charge in [-0.25, -0.2) is 0 Å². The standard InChI is InChI=1S/C14H19BrO/c15-11-14(13-6-2-1-3-7-13)16-10-4-5-12-8-9-12/h1-3,6-7,12,14H,4-5,8-11H2. The van der Waals surface area contributed by atoms with Gasteiger partial charge in [-0.3, -0.25) is 0 Å². The van der Waals surface area contributed by atoms with Crippen molar-refractivity contribution in [1.29, 1.82) is 0 Å². The Labute approximate surface area is 106 Å². The van der Waals surface area contributed by atoms with E-state index in [9.17, 15) is 0 Å². The van der Waals surface area contributed by atoms with E-state index in [2.05, 4.69) is 40.2 Å². The van der Waals surface area contributed by atoms with Crippen molar-refractivity contribution < 1.29 is 4.74 Å². The van der Waals surface area contributed by atoms with Crippen LogP contribution in [0.4, 0.5) is 0 Å². The molecule has 16 heavy (non-hydrogen) atoms. The van der Waals surface area contributed by atoms with E-state index < -0.39 is 0 Å². The first-order valence-electron chi connectivity index (χ1n) is 6.12. The van der Waals surface area contributed by atoms with Gasteiger partial charge in [0.25, 0.3) is 0 Å². The molecular weight excluding hydrogens is 264 g/mol. The molecule has 0 bridgehead atoms. The molecule has 88 valence electrons. The molecule has 1 atom stereocenters. The molecule has 0 heterocycles. The van der Waals surface area contributed by atoms with Crippen molar-refractivity contribution in [2.45, 2.75) is 31.8 Å². The summed E-state index contributed by atoms with van der Waals surface area (Å²) in [5, 5.41) is 0.875.